The number of carbonyl (C=O) groups is 1. The second kappa shape index (κ2) is 4.80. The van der Waals surface area contributed by atoms with Crippen molar-refractivity contribution >= 4 is 28.8 Å². The zero-order valence-electron chi connectivity index (χ0n) is 8.40. The van der Waals surface area contributed by atoms with Crippen LogP contribution < -0.4 is 10.5 Å². The molecule has 0 radical (unpaired) electrons. The molecule has 0 fully saturated rings. The molecule has 1 aromatic rings. The van der Waals surface area contributed by atoms with Crippen molar-refractivity contribution in [2.24, 2.45) is 0 Å². The molecule has 0 unspecified atom stereocenters. The first kappa shape index (κ1) is 12.3. The topological polar surface area (TPSA) is 95.5 Å². The highest BCUT2D eigenvalue weighted by atomic mass is 35.5. The van der Waals surface area contributed by atoms with Crippen molar-refractivity contribution in [2.75, 3.05) is 18.7 Å². The summed E-state index contributed by atoms with van der Waals surface area (Å²) in [7, 11) is 1.27. The fourth-order valence-electron chi connectivity index (χ4n) is 1.29. The summed E-state index contributed by atoms with van der Waals surface area (Å²) in [5, 5.41) is 10.8. The minimum absolute atomic E-state index is 0.0122. The molecule has 0 saturated carbocycles. The summed E-state index contributed by atoms with van der Waals surface area (Å²) < 4.78 is 4.80. The number of nitrogens with zero attached hydrogens (tertiary/aromatic N) is 1. The first-order chi connectivity index (χ1) is 7.52. The Labute approximate surface area is 96.1 Å². The molecule has 0 aliphatic heterocycles. The highest BCUT2D eigenvalue weighted by molar-refractivity contribution is 6.31. The number of benzene rings is 1. The molecule has 16 heavy (non-hydrogen) atoms. The summed E-state index contributed by atoms with van der Waals surface area (Å²) in [6.07, 6.45) is 0. The minimum atomic E-state index is -0.713. The zero-order chi connectivity index (χ0) is 12.3. The Bertz CT molecular complexity index is 447. The Kier molecular flexibility index (Phi) is 3.68. The summed E-state index contributed by atoms with van der Waals surface area (Å²) in [6.45, 7) is 0. The van der Waals surface area contributed by atoms with E-state index in [1.165, 1.54) is 19.2 Å². The summed E-state index contributed by atoms with van der Waals surface area (Å²) in [4.78, 5) is 21.6. The van der Waals surface area contributed by atoms with Crippen LogP contribution in [0.5, 0.6) is 5.75 Å². The van der Waals surface area contributed by atoms with E-state index in [0.717, 1.165) is 0 Å². The Morgan fingerprint density at radius 3 is 2.69 bits per heavy atom. The molecule has 0 aliphatic carbocycles. The fourth-order valence-corrected chi connectivity index (χ4v) is 1.43. The van der Waals surface area contributed by atoms with Crippen LogP contribution in [0.3, 0.4) is 0 Å². The van der Waals surface area contributed by atoms with Gasteiger partial charge in [-0.1, -0.05) is 0 Å². The molecule has 0 amide bonds. The number of alkyl halides is 1. The first-order valence-corrected chi connectivity index (χ1v) is 4.76. The van der Waals surface area contributed by atoms with Crippen LogP contribution in [-0.4, -0.2) is 23.7 Å². The van der Waals surface area contributed by atoms with Gasteiger partial charge in [0, 0.05) is 5.69 Å². The maximum atomic E-state index is 11.5. The average molecular weight is 245 g/mol. The molecule has 2 N–H and O–H groups in total. The monoisotopic (exact) mass is 244 g/mol. The smallest absolute Gasteiger partial charge is 0.323 e. The number of methoxy groups -OCH3 is 1. The molecular formula is C9H9ClN2O4. The van der Waals surface area contributed by atoms with E-state index in [1.807, 2.05) is 0 Å². The van der Waals surface area contributed by atoms with Gasteiger partial charge < -0.3 is 10.5 Å². The highest BCUT2D eigenvalue weighted by Crippen LogP contribution is 2.34. The number of Topliss-reactive ketones (excluding diaryl/α,β-unsaturated/α-hetero) is 1. The van der Waals surface area contributed by atoms with E-state index in [2.05, 4.69) is 0 Å². The van der Waals surface area contributed by atoms with Crippen LogP contribution in [0.15, 0.2) is 12.1 Å². The van der Waals surface area contributed by atoms with Crippen molar-refractivity contribution in [3.05, 3.63) is 27.8 Å². The normalized spacial score (nSPS) is 9.88. The Hall–Kier alpha value is -1.82. The number of nitrogens with two attached hydrogens (primary N) is 1. The van der Waals surface area contributed by atoms with Crippen molar-refractivity contribution in [1.29, 1.82) is 0 Å². The molecule has 1 rings (SSSR count). The molecule has 1 aromatic carbocycles. The first-order valence-electron chi connectivity index (χ1n) is 4.23. The number of ketones is 1. The van der Waals surface area contributed by atoms with Gasteiger partial charge in [0.25, 0.3) is 0 Å². The lowest BCUT2D eigenvalue weighted by molar-refractivity contribution is -0.385. The van der Waals surface area contributed by atoms with E-state index in [9.17, 15) is 14.9 Å². The third-order valence-electron chi connectivity index (χ3n) is 1.98. The van der Waals surface area contributed by atoms with Crippen molar-refractivity contribution in [3.8, 4) is 5.75 Å². The van der Waals surface area contributed by atoms with Crippen LogP contribution in [0, 0.1) is 10.1 Å². The number of nitro benzene ring substituents is 1. The van der Waals surface area contributed by atoms with E-state index in [1.54, 1.807) is 0 Å². The second-order valence-corrected chi connectivity index (χ2v) is 3.16. The van der Waals surface area contributed by atoms with Gasteiger partial charge in [-0.2, -0.15) is 0 Å². The summed E-state index contributed by atoms with van der Waals surface area (Å²) >= 11 is 5.36. The van der Waals surface area contributed by atoms with E-state index >= 15 is 0 Å². The highest BCUT2D eigenvalue weighted by Gasteiger charge is 2.27. The number of ether oxygens (including phenoxy) is 1. The number of nitrogen functional groups attached to an aromatic ring is 1. The molecule has 0 atom stereocenters. The number of hydrogen-bond acceptors (Lipinski definition) is 5. The number of halogens is 1. The average Bonchev–Trinajstić information content (AvgIpc) is 2.27. The Morgan fingerprint density at radius 2 is 2.25 bits per heavy atom. The molecule has 0 saturated heterocycles. The van der Waals surface area contributed by atoms with Crippen LogP contribution in [0.2, 0.25) is 0 Å². The van der Waals surface area contributed by atoms with Gasteiger partial charge in [0.05, 0.1) is 17.9 Å². The van der Waals surface area contributed by atoms with E-state index in [0.29, 0.717) is 0 Å². The van der Waals surface area contributed by atoms with Gasteiger partial charge in [0.2, 0.25) is 0 Å². The van der Waals surface area contributed by atoms with Gasteiger partial charge in [-0.3, -0.25) is 14.9 Å². The van der Waals surface area contributed by atoms with E-state index in [4.69, 9.17) is 22.1 Å². The SMILES string of the molecule is COc1ccc(N)c(C(=O)CCl)c1[N+](=O)[O-]. The molecule has 7 heteroatoms. The molecule has 0 heterocycles. The molecule has 0 spiro atoms. The second-order valence-electron chi connectivity index (χ2n) is 2.89. The van der Waals surface area contributed by atoms with Gasteiger partial charge in [0.1, 0.15) is 5.56 Å². The van der Waals surface area contributed by atoms with Crippen molar-refractivity contribution in [3.63, 3.8) is 0 Å². The van der Waals surface area contributed by atoms with Crippen molar-refractivity contribution < 1.29 is 14.5 Å². The summed E-state index contributed by atoms with van der Waals surface area (Å²) in [5.41, 5.74) is 4.87. The molecule has 6 nitrogen and oxygen atoms in total. The summed E-state index contributed by atoms with van der Waals surface area (Å²) in [5.74, 6) is -1.00. The number of nitro groups is 1. The Balaban J connectivity index is 3.54. The third-order valence-corrected chi connectivity index (χ3v) is 2.22. The number of anilines is 1. The van der Waals surface area contributed by atoms with Crippen LogP contribution >= 0.6 is 11.6 Å². The predicted octanol–water partition coefficient (Wildman–Crippen LogP) is 1.61. The van der Waals surface area contributed by atoms with Crippen LogP contribution in [-0.2, 0) is 0 Å². The van der Waals surface area contributed by atoms with Crippen LogP contribution in [0.25, 0.3) is 0 Å². The molecule has 0 aromatic heterocycles. The quantitative estimate of drug-likeness (QED) is 0.285. The number of carbonyl (C=O) groups excluding carboxylic acids is 1. The lowest BCUT2D eigenvalue weighted by Crippen LogP contribution is -2.10. The van der Waals surface area contributed by atoms with Gasteiger partial charge in [-0.15, -0.1) is 11.6 Å². The lowest BCUT2D eigenvalue weighted by Gasteiger charge is -2.07. The van der Waals surface area contributed by atoms with Crippen molar-refractivity contribution in [2.45, 2.75) is 0 Å². The van der Waals surface area contributed by atoms with Crippen LogP contribution in [0.1, 0.15) is 10.4 Å². The number of hydrogen-bond donors (Lipinski definition) is 1. The maximum absolute atomic E-state index is 11.5. The van der Waals surface area contributed by atoms with E-state index in [-0.39, 0.29) is 22.9 Å². The van der Waals surface area contributed by atoms with Gasteiger partial charge in [0.15, 0.2) is 11.5 Å². The van der Waals surface area contributed by atoms with Gasteiger partial charge in [-0.25, -0.2) is 0 Å². The lowest BCUT2D eigenvalue weighted by atomic mass is 10.1. The maximum Gasteiger partial charge on any atom is 0.323 e. The summed E-state index contributed by atoms with van der Waals surface area (Å²) in [6, 6.07) is 2.70. The molecular weight excluding hydrogens is 236 g/mol. The molecule has 0 bridgehead atoms. The van der Waals surface area contributed by atoms with Gasteiger partial charge >= 0.3 is 5.69 Å². The predicted molar refractivity (Wildman–Crippen MR) is 59.1 cm³/mol. The standard InChI is InChI=1S/C9H9ClN2O4/c1-16-7-3-2-5(11)8(6(13)4-10)9(7)12(14)15/h2-3H,4,11H2,1H3. The third kappa shape index (κ3) is 2.06. The minimum Gasteiger partial charge on any atom is -0.490 e. The van der Waals surface area contributed by atoms with Gasteiger partial charge in [-0.05, 0) is 12.1 Å². The largest absolute Gasteiger partial charge is 0.490 e. The molecule has 86 valence electrons. The van der Waals surface area contributed by atoms with Crippen molar-refractivity contribution in [1.82, 2.24) is 0 Å². The Morgan fingerprint density at radius 1 is 1.62 bits per heavy atom. The van der Waals surface area contributed by atoms with E-state index < -0.39 is 16.4 Å². The van der Waals surface area contributed by atoms with Crippen LogP contribution in [0.4, 0.5) is 11.4 Å². The number of rotatable bonds is 4. The zero-order valence-corrected chi connectivity index (χ0v) is 9.15. The fraction of sp³-hybridized carbons (Fsp3) is 0.222. The molecule has 0 aliphatic rings.